The smallest absolute Gasteiger partial charge is 0.248 e. The van der Waals surface area contributed by atoms with Crippen LogP contribution in [0.4, 0.5) is 0 Å². The van der Waals surface area contributed by atoms with Crippen molar-refractivity contribution in [1.82, 2.24) is 10.2 Å². The van der Waals surface area contributed by atoms with Gasteiger partial charge in [0.15, 0.2) is 0 Å². The summed E-state index contributed by atoms with van der Waals surface area (Å²) in [7, 11) is 0. The van der Waals surface area contributed by atoms with E-state index in [9.17, 15) is 9.59 Å². The molecule has 1 atom stereocenters. The van der Waals surface area contributed by atoms with Crippen molar-refractivity contribution in [3.8, 4) is 0 Å². The van der Waals surface area contributed by atoms with Gasteiger partial charge in [-0.1, -0.05) is 49.6 Å². The van der Waals surface area contributed by atoms with Crippen molar-refractivity contribution in [1.29, 1.82) is 0 Å². The van der Waals surface area contributed by atoms with Crippen LogP contribution in [0.25, 0.3) is 0 Å². The minimum Gasteiger partial charge on any atom is -0.342 e. The highest BCUT2D eigenvalue weighted by molar-refractivity contribution is 5.94. The fourth-order valence-corrected chi connectivity index (χ4v) is 3.73. The molecule has 2 fully saturated rings. The summed E-state index contributed by atoms with van der Waals surface area (Å²) >= 11 is 0. The summed E-state index contributed by atoms with van der Waals surface area (Å²) in [6, 6.07) is 9.96. The molecule has 1 saturated carbocycles. The van der Waals surface area contributed by atoms with Crippen LogP contribution >= 0.6 is 0 Å². The van der Waals surface area contributed by atoms with Crippen LogP contribution in [-0.2, 0) is 16.1 Å². The predicted octanol–water partition coefficient (Wildman–Crippen LogP) is 2.63. The maximum atomic E-state index is 13.2. The van der Waals surface area contributed by atoms with E-state index in [1.54, 1.807) is 0 Å². The Morgan fingerprint density at radius 1 is 1.14 bits per heavy atom. The van der Waals surface area contributed by atoms with E-state index in [0.717, 1.165) is 37.7 Å². The highest BCUT2D eigenvalue weighted by Gasteiger charge is 2.46. The first kappa shape index (κ1) is 15.1. The van der Waals surface area contributed by atoms with E-state index >= 15 is 0 Å². The van der Waals surface area contributed by atoms with Crippen molar-refractivity contribution < 1.29 is 9.59 Å². The molecule has 1 saturated heterocycles. The van der Waals surface area contributed by atoms with Gasteiger partial charge in [-0.05, 0) is 25.3 Å². The van der Waals surface area contributed by atoms with Gasteiger partial charge in [0.1, 0.15) is 5.54 Å². The molecule has 4 nitrogen and oxygen atoms in total. The molecular formula is C18H24N2O2. The first-order valence-electron chi connectivity index (χ1n) is 8.27. The lowest BCUT2D eigenvalue weighted by Crippen LogP contribution is -2.58. The highest BCUT2D eigenvalue weighted by Crippen LogP contribution is 2.33. The molecule has 0 aromatic heterocycles. The van der Waals surface area contributed by atoms with E-state index in [0.29, 0.717) is 13.0 Å². The first-order chi connectivity index (χ1) is 10.6. The van der Waals surface area contributed by atoms with Crippen LogP contribution in [0.3, 0.4) is 0 Å². The zero-order chi connectivity index (χ0) is 15.6. The van der Waals surface area contributed by atoms with Gasteiger partial charge in [0.2, 0.25) is 11.8 Å². The topological polar surface area (TPSA) is 49.4 Å². The molecule has 2 amide bonds. The Bertz CT molecular complexity index is 549. The van der Waals surface area contributed by atoms with Crippen molar-refractivity contribution >= 4 is 11.8 Å². The lowest BCUT2D eigenvalue weighted by molar-refractivity contribution is -0.142. The molecule has 1 aromatic rings. The number of benzene rings is 1. The molecular weight excluding hydrogens is 276 g/mol. The zero-order valence-corrected chi connectivity index (χ0v) is 13.2. The Kier molecular flexibility index (Phi) is 4.19. The number of amides is 2. The average Bonchev–Trinajstić information content (AvgIpc) is 2.60. The van der Waals surface area contributed by atoms with Gasteiger partial charge in [0.25, 0.3) is 0 Å². The monoisotopic (exact) mass is 300 g/mol. The molecule has 2 aliphatic rings. The molecule has 1 spiro atoms. The normalized spacial score (nSPS) is 25.0. The van der Waals surface area contributed by atoms with Gasteiger partial charge in [0, 0.05) is 19.0 Å². The summed E-state index contributed by atoms with van der Waals surface area (Å²) in [5, 5.41) is 3.06. The van der Waals surface area contributed by atoms with E-state index < -0.39 is 5.54 Å². The number of carbonyl (C=O) groups is 2. The lowest BCUT2D eigenvalue weighted by atomic mass is 9.80. The van der Waals surface area contributed by atoms with E-state index in [1.807, 2.05) is 42.2 Å². The summed E-state index contributed by atoms with van der Waals surface area (Å²) in [6.45, 7) is 2.56. The quantitative estimate of drug-likeness (QED) is 0.913. The third-order valence-electron chi connectivity index (χ3n) is 4.96. The first-order valence-corrected chi connectivity index (χ1v) is 8.27. The fourth-order valence-electron chi connectivity index (χ4n) is 3.73. The Hall–Kier alpha value is -1.84. The second kappa shape index (κ2) is 6.11. The van der Waals surface area contributed by atoms with Crippen LogP contribution < -0.4 is 5.32 Å². The largest absolute Gasteiger partial charge is 0.342 e. The van der Waals surface area contributed by atoms with Crippen molar-refractivity contribution in [2.24, 2.45) is 0 Å². The number of nitrogens with zero attached hydrogens (tertiary/aromatic N) is 1. The van der Waals surface area contributed by atoms with Crippen LogP contribution in [0.5, 0.6) is 0 Å². The van der Waals surface area contributed by atoms with E-state index in [2.05, 4.69) is 5.32 Å². The second-order valence-electron chi connectivity index (χ2n) is 6.66. The number of nitrogens with one attached hydrogen (secondary N) is 1. The van der Waals surface area contributed by atoms with Crippen molar-refractivity contribution in [3.05, 3.63) is 35.9 Å². The fraction of sp³-hybridized carbons (Fsp3) is 0.556. The SMILES string of the molecule is CC1CC(=O)NC2(CCCCC2)C(=O)N1Cc1ccccc1. The molecule has 1 aliphatic carbocycles. The molecule has 0 radical (unpaired) electrons. The number of hydrogen-bond acceptors (Lipinski definition) is 2. The van der Waals surface area contributed by atoms with Gasteiger partial charge in [-0.3, -0.25) is 9.59 Å². The third kappa shape index (κ3) is 2.87. The predicted molar refractivity (Wildman–Crippen MR) is 85.0 cm³/mol. The Morgan fingerprint density at radius 3 is 2.50 bits per heavy atom. The van der Waals surface area contributed by atoms with Crippen LogP contribution in [0.15, 0.2) is 30.3 Å². The minimum absolute atomic E-state index is 0.0123. The zero-order valence-electron chi connectivity index (χ0n) is 13.2. The van der Waals surface area contributed by atoms with Crippen LogP contribution in [-0.4, -0.2) is 28.3 Å². The summed E-state index contributed by atoms with van der Waals surface area (Å²) in [6.07, 6.45) is 5.11. The lowest BCUT2D eigenvalue weighted by Gasteiger charge is -2.39. The van der Waals surface area contributed by atoms with E-state index in [-0.39, 0.29) is 17.9 Å². The number of carbonyl (C=O) groups excluding carboxylic acids is 2. The van der Waals surface area contributed by atoms with E-state index in [4.69, 9.17) is 0 Å². The third-order valence-corrected chi connectivity index (χ3v) is 4.96. The summed E-state index contributed by atoms with van der Waals surface area (Å²) in [4.78, 5) is 27.3. The van der Waals surface area contributed by atoms with Gasteiger partial charge >= 0.3 is 0 Å². The summed E-state index contributed by atoms with van der Waals surface area (Å²) in [5.41, 5.74) is 0.456. The van der Waals surface area contributed by atoms with Gasteiger partial charge in [-0.15, -0.1) is 0 Å². The molecule has 1 unspecified atom stereocenters. The average molecular weight is 300 g/mol. The van der Waals surface area contributed by atoms with Gasteiger partial charge in [-0.25, -0.2) is 0 Å². The molecule has 1 aliphatic heterocycles. The van der Waals surface area contributed by atoms with Crippen molar-refractivity contribution in [2.75, 3.05) is 0 Å². The molecule has 1 N–H and O–H groups in total. The molecule has 0 bridgehead atoms. The van der Waals surface area contributed by atoms with Crippen molar-refractivity contribution in [2.45, 2.75) is 63.6 Å². The Labute approximate surface area is 131 Å². The molecule has 1 heterocycles. The molecule has 4 heteroatoms. The molecule has 22 heavy (non-hydrogen) atoms. The minimum atomic E-state index is -0.658. The Morgan fingerprint density at radius 2 is 1.82 bits per heavy atom. The highest BCUT2D eigenvalue weighted by atomic mass is 16.2. The molecule has 3 rings (SSSR count). The van der Waals surface area contributed by atoms with Gasteiger partial charge in [0.05, 0.1) is 0 Å². The van der Waals surface area contributed by atoms with Crippen LogP contribution in [0.2, 0.25) is 0 Å². The molecule has 1 aromatic carbocycles. The number of rotatable bonds is 2. The maximum Gasteiger partial charge on any atom is 0.248 e. The maximum absolute atomic E-state index is 13.2. The number of hydrogen-bond donors (Lipinski definition) is 1. The Balaban J connectivity index is 1.89. The summed E-state index contributed by atoms with van der Waals surface area (Å²) in [5.74, 6) is 0.118. The van der Waals surface area contributed by atoms with Gasteiger partial charge in [-0.2, -0.15) is 0 Å². The van der Waals surface area contributed by atoms with Crippen LogP contribution in [0, 0.1) is 0 Å². The van der Waals surface area contributed by atoms with E-state index in [1.165, 1.54) is 0 Å². The standard InChI is InChI=1S/C18H24N2O2/c1-14-12-16(21)19-18(10-6-3-7-11-18)17(22)20(14)13-15-8-4-2-5-9-15/h2,4-5,8-9,14H,3,6-7,10-13H2,1H3,(H,19,21). The van der Waals surface area contributed by atoms with Crippen molar-refractivity contribution in [3.63, 3.8) is 0 Å². The molecule has 118 valence electrons. The van der Waals surface area contributed by atoms with Crippen LogP contribution in [0.1, 0.15) is 51.0 Å². The second-order valence-corrected chi connectivity index (χ2v) is 6.66. The summed E-state index contributed by atoms with van der Waals surface area (Å²) < 4.78 is 0. The van der Waals surface area contributed by atoms with Gasteiger partial charge < -0.3 is 10.2 Å².